The number of thiocarbonyl (C=S) groups is 1. The van der Waals surface area contributed by atoms with Crippen LogP contribution in [-0.2, 0) is 0 Å². The molecule has 1 rings (SSSR count). The van der Waals surface area contributed by atoms with Crippen molar-refractivity contribution in [2.75, 3.05) is 0 Å². The van der Waals surface area contributed by atoms with Crippen LogP contribution in [0.3, 0.4) is 0 Å². The topological polar surface area (TPSA) is 23.8 Å². The van der Waals surface area contributed by atoms with Gasteiger partial charge >= 0.3 is 0 Å². The fourth-order valence-corrected chi connectivity index (χ4v) is 3.80. The van der Waals surface area contributed by atoms with Crippen LogP contribution in [0.4, 0.5) is 0 Å². The van der Waals surface area contributed by atoms with Crippen molar-refractivity contribution in [3.63, 3.8) is 0 Å². The smallest absolute Gasteiger partial charge is 0.102 e. The molecule has 0 fully saturated rings. The largest absolute Gasteiger partial charge is 0.197 e. The van der Waals surface area contributed by atoms with Gasteiger partial charge in [0.05, 0.1) is 10.3 Å². The zero-order chi connectivity index (χ0) is 15.5. The van der Waals surface area contributed by atoms with Crippen molar-refractivity contribution < 1.29 is 0 Å². The van der Waals surface area contributed by atoms with Gasteiger partial charge in [-0.05, 0) is 36.8 Å². The molecule has 0 aromatic heterocycles. The maximum absolute atomic E-state index is 9.22. The van der Waals surface area contributed by atoms with Crippen molar-refractivity contribution in [1.82, 2.24) is 0 Å². The third kappa shape index (κ3) is 4.07. The summed E-state index contributed by atoms with van der Waals surface area (Å²) in [6.07, 6.45) is 0. The molecule has 0 heterocycles. The molecule has 0 aliphatic heterocycles. The lowest BCUT2D eigenvalue weighted by Crippen LogP contribution is -2.16. The van der Waals surface area contributed by atoms with Crippen molar-refractivity contribution in [2.45, 2.75) is 58.1 Å². The highest BCUT2D eigenvalue weighted by atomic mass is 32.2. The Morgan fingerprint density at radius 2 is 1.60 bits per heavy atom. The quantitative estimate of drug-likeness (QED) is 0.672. The van der Waals surface area contributed by atoms with Gasteiger partial charge in [0.25, 0.3) is 0 Å². The molecule has 0 bridgehead atoms. The molecule has 3 heteroatoms. The lowest BCUT2D eigenvalue weighted by atomic mass is 9.89. The van der Waals surface area contributed by atoms with Crippen LogP contribution in [0, 0.1) is 11.3 Å². The summed E-state index contributed by atoms with van der Waals surface area (Å²) in [6, 6.07) is 8.72. The Labute approximate surface area is 132 Å². The highest BCUT2D eigenvalue weighted by Gasteiger charge is 2.24. The van der Waals surface area contributed by atoms with Crippen LogP contribution in [0.15, 0.2) is 18.2 Å². The first kappa shape index (κ1) is 17.2. The number of hydrogen-bond acceptors (Lipinski definition) is 3. The third-order valence-corrected chi connectivity index (χ3v) is 4.64. The predicted octanol–water partition coefficient (Wildman–Crippen LogP) is 5.64. The molecule has 1 aromatic rings. The van der Waals surface area contributed by atoms with Crippen LogP contribution in [0.1, 0.15) is 70.1 Å². The average molecular weight is 306 g/mol. The van der Waals surface area contributed by atoms with E-state index in [1.54, 1.807) is 0 Å². The molecule has 0 unspecified atom stereocenters. The van der Waals surface area contributed by atoms with E-state index in [9.17, 15) is 5.26 Å². The van der Waals surface area contributed by atoms with E-state index in [-0.39, 0.29) is 0 Å². The monoisotopic (exact) mass is 305 g/mol. The maximum atomic E-state index is 9.22. The number of nitriles is 1. The van der Waals surface area contributed by atoms with Crippen LogP contribution in [-0.4, -0.2) is 8.94 Å². The molecule has 1 nitrogen and oxygen atoms in total. The Bertz CT molecular complexity index is 510. The molecule has 0 aliphatic carbocycles. The van der Waals surface area contributed by atoms with Crippen LogP contribution in [0.25, 0.3) is 0 Å². The minimum absolute atomic E-state index is 0.424. The second-order valence-corrected chi connectivity index (χ2v) is 8.43. The summed E-state index contributed by atoms with van der Waals surface area (Å²) in [5.74, 6) is 0.847. The van der Waals surface area contributed by atoms with E-state index in [0.29, 0.717) is 11.8 Å². The molecule has 0 amide bonds. The standard InChI is InChI=1S/C17H23NS2/c1-11(2)13-8-7-9-14(12(3)4)15(13)16(19)20-17(5,6)10-18/h7-9,11-12H,1-6H3. The third-order valence-electron chi connectivity index (χ3n) is 3.19. The number of thioether (sulfide) groups is 1. The Morgan fingerprint density at radius 3 is 1.95 bits per heavy atom. The molecule has 0 atom stereocenters. The van der Waals surface area contributed by atoms with Gasteiger partial charge in [-0.1, -0.05) is 69.9 Å². The molecular formula is C17H23NS2. The highest BCUT2D eigenvalue weighted by Crippen LogP contribution is 2.35. The fraction of sp³-hybridized carbons (Fsp3) is 0.529. The number of nitrogens with zero attached hydrogens (tertiary/aromatic N) is 1. The van der Waals surface area contributed by atoms with Crippen LogP contribution in [0.2, 0.25) is 0 Å². The van der Waals surface area contributed by atoms with Gasteiger partial charge in [0.1, 0.15) is 4.75 Å². The fourth-order valence-electron chi connectivity index (χ4n) is 2.09. The number of benzene rings is 1. The molecule has 0 saturated heterocycles. The van der Waals surface area contributed by atoms with Gasteiger partial charge < -0.3 is 0 Å². The summed E-state index contributed by atoms with van der Waals surface area (Å²) in [5, 5.41) is 9.22. The van der Waals surface area contributed by atoms with Gasteiger partial charge in [-0.25, -0.2) is 0 Å². The first-order valence-corrected chi connectivity index (χ1v) is 8.19. The van der Waals surface area contributed by atoms with Gasteiger partial charge in [0.15, 0.2) is 0 Å². The van der Waals surface area contributed by atoms with E-state index in [4.69, 9.17) is 12.2 Å². The van der Waals surface area contributed by atoms with E-state index in [0.717, 1.165) is 4.20 Å². The number of hydrogen-bond donors (Lipinski definition) is 0. The van der Waals surface area contributed by atoms with Crippen molar-refractivity contribution in [2.24, 2.45) is 0 Å². The summed E-state index contributed by atoms with van der Waals surface area (Å²) in [6.45, 7) is 12.6. The van der Waals surface area contributed by atoms with Gasteiger partial charge in [0, 0.05) is 5.56 Å². The molecular weight excluding hydrogens is 282 g/mol. The van der Waals surface area contributed by atoms with E-state index in [2.05, 4.69) is 52.0 Å². The molecule has 0 spiro atoms. The molecule has 20 heavy (non-hydrogen) atoms. The zero-order valence-electron chi connectivity index (χ0n) is 13.2. The minimum Gasteiger partial charge on any atom is -0.197 e. The Balaban J connectivity index is 3.34. The lowest BCUT2D eigenvalue weighted by Gasteiger charge is -2.22. The van der Waals surface area contributed by atoms with Crippen molar-refractivity contribution in [3.8, 4) is 6.07 Å². The lowest BCUT2D eigenvalue weighted by molar-refractivity contribution is 0.831. The van der Waals surface area contributed by atoms with Crippen LogP contribution < -0.4 is 0 Å². The Morgan fingerprint density at radius 1 is 1.15 bits per heavy atom. The molecule has 0 saturated carbocycles. The summed E-state index contributed by atoms with van der Waals surface area (Å²) in [4.78, 5) is 0. The van der Waals surface area contributed by atoms with E-state index in [1.807, 2.05) is 13.8 Å². The zero-order valence-corrected chi connectivity index (χ0v) is 14.8. The predicted molar refractivity (Wildman–Crippen MR) is 93.6 cm³/mol. The molecule has 1 aromatic carbocycles. The summed E-state index contributed by atoms with van der Waals surface area (Å²) in [5.41, 5.74) is 3.73. The highest BCUT2D eigenvalue weighted by molar-refractivity contribution is 8.24. The first-order chi connectivity index (χ1) is 9.19. The minimum atomic E-state index is -0.491. The molecule has 0 radical (unpaired) electrons. The summed E-state index contributed by atoms with van der Waals surface area (Å²) < 4.78 is 0.347. The Hall–Kier alpha value is -0.850. The summed E-state index contributed by atoms with van der Waals surface area (Å²) in [7, 11) is 0. The number of rotatable bonds is 4. The van der Waals surface area contributed by atoms with Crippen molar-refractivity contribution >= 4 is 28.2 Å². The average Bonchev–Trinajstić information content (AvgIpc) is 2.37. The SMILES string of the molecule is CC(C)c1cccc(C(C)C)c1C(=S)SC(C)(C)C#N. The second kappa shape index (κ2) is 6.74. The molecule has 0 N–H and O–H groups in total. The molecule has 0 aliphatic rings. The second-order valence-electron chi connectivity index (χ2n) is 6.13. The molecule has 108 valence electrons. The van der Waals surface area contributed by atoms with Crippen LogP contribution in [0.5, 0.6) is 0 Å². The van der Waals surface area contributed by atoms with E-state index in [1.165, 1.54) is 28.5 Å². The maximum Gasteiger partial charge on any atom is 0.102 e. The van der Waals surface area contributed by atoms with Gasteiger partial charge in [-0.3, -0.25) is 0 Å². The normalized spacial score (nSPS) is 11.8. The van der Waals surface area contributed by atoms with E-state index >= 15 is 0 Å². The summed E-state index contributed by atoms with van der Waals surface area (Å²) >= 11 is 7.15. The van der Waals surface area contributed by atoms with Gasteiger partial charge in [0.2, 0.25) is 0 Å². The van der Waals surface area contributed by atoms with Crippen LogP contribution >= 0.6 is 24.0 Å². The van der Waals surface area contributed by atoms with E-state index < -0.39 is 4.75 Å². The van der Waals surface area contributed by atoms with Crippen molar-refractivity contribution in [1.29, 1.82) is 5.26 Å². The van der Waals surface area contributed by atoms with Gasteiger partial charge in [-0.15, -0.1) is 0 Å². The van der Waals surface area contributed by atoms with Crippen molar-refractivity contribution in [3.05, 3.63) is 34.9 Å². The van der Waals surface area contributed by atoms with Gasteiger partial charge in [-0.2, -0.15) is 5.26 Å². The Kier molecular flexibility index (Phi) is 5.79. The first-order valence-electron chi connectivity index (χ1n) is 6.97.